The number of nitro benzene ring substituents is 4. The van der Waals surface area contributed by atoms with Gasteiger partial charge in [0.1, 0.15) is 0 Å². The van der Waals surface area contributed by atoms with E-state index in [0.717, 1.165) is 0 Å². The number of hydrogen-bond donors (Lipinski definition) is 0. The molecule has 4 aromatic carbocycles. The molecule has 0 atom stereocenters. The second-order valence-electron chi connectivity index (χ2n) is 12.4. The first-order valence-corrected chi connectivity index (χ1v) is 17.7. The van der Waals surface area contributed by atoms with Crippen LogP contribution in [-0.4, -0.2) is 92.1 Å². The number of benzene rings is 4. The third-order valence-corrected chi connectivity index (χ3v) is 8.29. The molecule has 300 valence electrons. The largest absolute Gasteiger partial charge is 0.277 e. The molecule has 0 saturated carbocycles. The van der Waals surface area contributed by atoms with E-state index >= 15 is 0 Å². The molecule has 58 heavy (non-hydrogen) atoms. The molecule has 0 aromatic heterocycles. The summed E-state index contributed by atoms with van der Waals surface area (Å²) in [6.45, 7) is 2.84. The SMILES string of the molecule is O=[N+]([O-])c1ccc(N=NN2CCCN(N=Nc3ccc([N+](=O)[O-])cc3)CCN(N=Nc3ccc([N+](=O)[O-])cc3)CCCN(N=Nc3ccc([N+](=O)[O-])cc3)CC2)cc1. The summed E-state index contributed by atoms with van der Waals surface area (Å²) < 4.78 is 0. The van der Waals surface area contributed by atoms with Crippen molar-refractivity contribution >= 4 is 45.5 Å². The van der Waals surface area contributed by atoms with Crippen LogP contribution in [0.2, 0.25) is 0 Å². The minimum absolute atomic E-state index is 0.0827. The first-order valence-electron chi connectivity index (χ1n) is 17.7. The normalized spacial score (nSPS) is 15.0. The van der Waals surface area contributed by atoms with Gasteiger partial charge in [-0.25, -0.2) is 0 Å². The quantitative estimate of drug-likeness (QED) is 0.0741. The highest BCUT2D eigenvalue weighted by molar-refractivity contribution is 5.45. The number of rotatable bonds is 12. The molecule has 4 aromatic rings. The van der Waals surface area contributed by atoms with Gasteiger partial charge in [0.25, 0.3) is 22.7 Å². The molecule has 0 aliphatic carbocycles. The molecule has 0 spiro atoms. The van der Waals surface area contributed by atoms with Gasteiger partial charge in [0.2, 0.25) is 0 Å². The van der Waals surface area contributed by atoms with Crippen LogP contribution in [0, 0.1) is 40.5 Å². The van der Waals surface area contributed by atoms with Crippen LogP contribution in [0.4, 0.5) is 45.5 Å². The Bertz CT molecular complexity index is 1830. The van der Waals surface area contributed by atoms with Crippen molar-refractivity contribution in [3.05, 3.63) is 138 Å². The van der Waals surface area contributed by atoms with Crippen LogP contribution in [0.1, 0.15) is 12.8 Å². The van der Waals surface area contributed by atoms with Crippen LogP contribution < -0.4 is 0 Å². The van der Waals surface area contributed by atoms with Gasteiger partial charge < -0.3 is 0 Å². The topological polar surface area (TPSA) is 284 Å². The van der Waals surface area contributed by atoms with E-state index in [9.17, 15) is 40.5 Å². The van der Waals surface area contributed by atoms with Gasteiger partial charge in [-0.2, -0.15) is 0 Å². The van der Waals surface area contributed by atoms with Crippen molar-refractivity contribution in [3.63, 3.8) is 0 Å². The first-order chi connectivity index (χ1) is 28.0. The molecule has 0 unspecified atom stereocenters. The first kappa shape index (κ1) is 41.2. The second kappa shape index (κ2) is 20.7. The maximum absolute atomic E-state index is 11.1. The Morgan fingerprint density at radius 3 is 0.690 bits per heavy atom. The third kappa shape index (κ3) is 13.1. The van der Waals surface area contributed by atoms with Crippen LogP contribution in [0.5, 0.6) is 0 Å². The van der Waals surface area contributed by atoms with Gasteiger partial charge in [-0.1, -0.05) is 20.9 Å². The Morgan fingerprint density at radius 2 is 0.517 bits per heavy atom. The van der Waals surface area contributed by atoms with E-state index in [1.54, 1.807) is 20.0 Å². The Morgan fingerprint density at radius 1 is 0.328 bits per heavy atom. The Balaban J connectivity index is 1.38. The van der Waals surface area contributed by atoms with Crippen LogP contribution in [-0.2, 0) is 0 Å². The molecule has 1 fully saturated rings. The zero-order valence-corrected chi connectivity index (χ0v) is 30.7. The maximum Gasteiger partial charge on any atom is 0.269 e. The summed E-state index contributed by atoms with van der Waals surface area (Å²) in [7, 11) is 0. The van der Waals surface area contributed by atoms with E-state index in [1.165, 1.54) is 97.1 Å². The molecule has 1 aliphatic rings. The van der Waals surface area contributed by atoms with Crippen molar-refractivity contribution in [1.29, 1.82) is 0 Å². The molecule has 0 radical (unpaired) electrons. The van der Waals surface area contributed by atoms with Crippen molar-refractivity contribution in [1.82, 2.24) is 20.0 Å². The van der Waals surface area contributed by atoms with Crippen molar-refractivity contribution < 1.29 is 19.7 Å². The van der Waals surface area contributed by atoms with Gasteiger partial charge in [-0.15, -0.1) is 20.5 Å². The molecule has 24 nitrogen and oxygen atoms in total. The van der Waals surface area contributed by atoms with Crippen molar-refractivity contribution in [2.45, 2.75) is 12.8 Å². The van der Waals surface area contributed by atoms with E-state index in [4.69, 9.17) is 0 Å². The fraction of sp³-hybridized carbons (Fsp3) is 0.294. The van der Waals surface area contributed by atoms with E-state index in [0.29, 0.717) is 87.9 Å². The molecule has 1 saturated heterocycles. The van der Waals surface area contributed by atoms with E-state index in [2.05, 4.69) is 41.4 Å². The summed E-state index contributed by atoms with van der Waals surface area (Å²) in [4.78, 5) is 42.4. The van der Waals surface area contributed by atoms with Crippen LogP contribution in [0.15, 0.2) is 138 Å². The predicted molar refractivity (Wildman–Crippen MR) is 206 cm³/mol. The fourth-order valence-electron chi connectivity index (χ4n) is 5.16. The van der Waals surface area contributed by atoms with Crippen LogP contribution >= 0.6 is 0 Å². The number of nitro groups is 4. The average molecular weight is 797 g/mol. The highest BCUT2D eigenvalue weighted by atomic mass is 16.6. The molecule has 5 rings (SSSR count). The predicted octanol–water partition coefficient (Wildman–Crippen LogP) is 8.42. The summed E-state index contributed by atoms with van der Waals surface area (Å²) in [5.74, 6) is 0. The molecular formula is C34H36N16O8. The maximum atomic E-state index is 11.1. The minimum atomic E-state index is -0.506. The van der Waals surface area contributed by atoms with Gasteiger partial charge >= 0.3 is 0 Å². The lowest BCUT2D eigenvalue weighted by Crippen LogP contribution is -2.36. The van der Waals surface area contributed by atoms with Crippen LogP contribution in [0.3, 0.4) is 0 Å². The summed E-state index contributed by atoms with van der Waals surface area (Å²) in [6.07, 6.45) is 1.01. The van der Waals surface area contributed by atoms with Gasteiger partial charge in [-0.3, -0.25) is 60.5 Å². The lowest BCUT2D eigenvalue weighted by molar-refractivity contribution is -0.385. The Hall–Kier alpha value is -7.92. The Kier molecular flexibility index (Phi) is 14.7. The summed E-state index contributed by atoms with van der Waals surface area (Å²) in [5, 5.41) is 86.2. The molecule has 1 aliphatic heterocycles. The van der Waals surface area contributed by atoms with Crippen LogP contribution in [0.25, 0.3) is 0 Å². The fourth-order valence-corrected chi connectivity index (χ4v) is 5.16. The van der Waals surface area contributed by atoms with Gasteiger partial charge in [0.15, 0.2) is 0 Å². The zero-order chi connectivity index (χ0) is 41.3. The number of non-ortho nitro benzene ring substituents is 4. The molecule has 0 bridgehead atoms. The lowest BCUT2D eigenvalue weighted by Gasteiger charge is -2.27. The van der Waals surface area contributed by atoms with Crippen molar-refractivity contribution in [3.8, 4) is 0 Å². The summed E-state index contributed by atoms with van der Waals surface area (Å²) >= 11 is 0. The van der Waals surface area contributed by atoms with Gasteiger partial charge in [-0.05, 0) is 61.4 Å². The van der Waals surface area contributed by atoms with E-state index in [-0.39, 0.29) is 22.7 Å². The van der Waals surface area contributed by atoms with Crippen molar-refractivity contribution in [2.75, 3.05) is 52.4 Å². The number of hydrogen-bond acceptors (Lipinski definition) is 16. The smallest absolute Gasteiger partial charge is 0.269 e. The van der Waals surface area contributed by atoms with Crippen molar-refractivity contribution in [2.24, 2.45) is 41.4 Å². The van der Waals surface area contributed by atoms with Gasteiger partial charge in [0, 0.05) is 74.7 Å². The summed E-state index contributed by atoms with van der Waals surface area (Å²) in [5.41, 5.74) is 1.28. The van der Waals surface area contributed by atoms with Gasteiger partial charge in [0.05, 0.1) is 68.6 Å². The zero-order valence-electron chi connectivity index (χ0n) is 30.7. The third-order valence-electron chi connectivity index (χ3n) is 8.29. The monoisotopic (exact) mass is 796 g/mol. The minimum Gasteiger partial charge on any atom is -0.277 e. The standard InChI is InChI=1S/C34H36N16O8/c51-47(52)31-11-3-27(4-12-31)35-39-43-19-1-20-44(40-36-28-5-13-32(14-6-28)48(53)54)24-26-46(42-38-30-9-17-34(18-10-30)50(57)58)22-2-21-45(25-23-43)41-37-29-7-15-33(16-8-29)49(55)56/h3-18H,1-2,19-26H2. The molecule has 1 heterocycles. The molecule has 0 N–H and O–H groups in total. The molecule has 24 heteroatoms. The summed E-state index contributed by atoms with van der Waals surface area (Å²) in [6, 6.07) is 22.6. The number of nitrogens with zero attached hydrogens (tertiary/aromatic N) is 16. The molecular weight excluding hydrogens is 760 g/mol. The average Bonchev–Trinajstić information content (AvgIpc) is 3.22. The Labute approximate surface area is 329 Å². The van der Waals surface area contributed by atoms with E-state index in [1.807, 2.05) is 0 Å². The lowest BCUT2D eigenvalue weighted by atomic mass is 10.3. The highest BCUT2D eigenvalue weighted by Crippen LogP contribution is 2.22. The molecule has 0 amide bonds. The van der Waals surface area contributed by atoms with E-state index < -0.39 is 19.7 Å². The second-order valence-corrected chi connectivity index (χ2v) is 12.4. The highest BCUT2D eigenvalue weighted by Gasteiger charge is 2.15.